The molecule has 5 heteroatoms. The number of ether oxygens (including phenoxy) is 2. The number of hydrogen-bond donors (Lipinski definition) is 1. The van der Waals surface area contributed by atoms with Crippen LogP contribution in [0.4, 0.5) is 0 Å². The summed E-state index contributed by atoms with van der Waals surface area (Å²) < 4.78 is 11.5. The van der Waals surface area contributed by atoms with E-state index in [2.05, 4.69) is 17.4 Å². The molecule has 0 atom stereocenters. The molecule has 0 bridgehead atoms. The number of benzene rings is 1. The van der Waals surface area contributed by atoms with Crippen LogP contribution in [0.25, 0.3) is 0 Å². The first-order valence-electron chi connectivity index (χ1n) is 6.15. The molecule has 2 heterocycles. The lowest BCUT2D eigenvalue weighted by Gasteiger charge is -2.05. The van der Waals surface area contributed by atoms with Crippen LogP contribution in [-0.2, 0) is 13.0 Å². The average Bonchev–Trinajstić information content (AvgIpc) is 3.03. The van der Waals surface area contributed by atoms with Gasteiger partial charge in [0, 0.05) is 18.0 Å². The fourth-order valence-electron chi connectivity index (χ4n) is 1.98. The normalized spacial score (nSPS) is 12.9. The minimum absolute atomic E-state index is 0.325. The zero-order chi connectivity index (χ0) is 13.1. The summed E-state index contributed by atoms with van der Waals surface area (Å²) in [5.74, 6) is 1.67. The molecular formula is C14H14ClNO2S. The van der Waals surface area contributed by atoms with Gasteiger partial charge in [-0.2, -0.15) is 0 Å². The highest BCUT2D eigenvalue weighted by Crippen LogP contribution is 2.32. The summed E-state index contributed by atoms with van der Waals surface area (Å²) in [5, 5.41) is 3.42. The Labute approximate surface area is 121 Å². The first-order valence-corrected chi connectivity index (χ1v) is 7.34. The summed E-state index contributed by atoms with van der Waals surface area (Å²) in [5.41, 5.74) is 1.20. The smallest absolute Gasteiger partial charge is 0.231 e. The van der Waals surface area contributed by atoms with E-state index in [0.29, 0.717) is 6.79 Å². The average molecular weight is 296 g/mol. The van der Waals surface area contributed by atoms with Gasteiger partial charge in [0.15, 0.2) is 11.5 Å². The van der Waals surface area contributed by atoms with Crippen LogP contribution in [0.3, 0.4) is 0 Å². The zero-order valence-corrected chi connectivity index (χ0v) is 11.9. The van der Waals surface area contributed by atoms with Crippen LogP contribution < -0.4 is 14.8 Å². The Kier molecular flexibility index (Phi) is 3.92. The molecular weight excluding hydrogens is 282 g/mol. The molecule has 100 valence electrons. The van der Waals surface area contributed by atoms with Crippen LogP contribution in [0, 0.1) is 0 Å². The summed E-state index contributed by atoms with van der Waals surface area (Å²) in [7, 11) is 0. The van der Waals surface area contributed by atoms with Crippen LogP contribution in [-0.4, -0.2) is 13.3 Å². The Bertz CT molecular complexity index is 570. The third-order valence-corrected chi connectivity index (χ3v) is 4.23. The Morgan fingerprint density at radius 3 is 2.89 bits per heavy atom. The molecule has 0 saturated heterocycles. The molecule has 3 nitrogen and oxygen atoms in total. The summed E-state index contributed by atoms with van der Waals surface area (Å²) in [6.45, 7) is 2.09. The molecule has 0 amide bonds. The molecule has 1 aromatic heterocycles. The van der Waals surface area contributed by atoms with Crippen molar-refractivity contribution >= 4 is 22.9 Å². The fraction of sp³-hybridized carbons (Fsp3) is 0.286. The maximum Gasteiger partial charge on any atom is 0.231 e. The van der Waals surface area contributed by atoms with Gasteiger partial charge in [0.2, 0.25) is 6.79 Å². The molecule has 19 heavy (non-hydrogen) atoms. The molecule has 1 aliphatic rings. The summed E-state index contributed by atoms with van der Waals surface area (Å²) in [4.78, 5) is 1.31. The molecule has 0 saturated carbocycles. The van der Waals surface area contributed by atoms with Gasteiger partial charge in [0.25, 0.3) is 0 Å². The standard InChI is InChI=1S/C14H14ClNO2S/c15-14-4-2-11(19-14)5-6-16-8-10-1-3-12-13(7-10)18-9-17-12/h1-4,7,16H,5-6,8-9H2. The lowest BCUT2D eigenvalue weighted by atomic mass is 10.2. The van der Waals surface area contributed by atoms with E-state index < -0.39 is 0 Å². The lowest BCUT2D eigenvalue weighted by molar-refractivity contribution is 0.174. The predicted octanol–water partition coefficient (Wildman–Crippen LogP) is 3.46. The largest absolute Gasteiger partial charge is 0.454 e. The Balaban J connectivity index is 1.47. The molecule has 0 unspecified atom stereocenters. The number of rotatable bonds is 5. The van der Waals surface area contributed by atoms with Gasteiger partial charge in [-0.05, 0) is 36.2 Å². The van der Waals surface area contributed by atoms with Crippen LogP contribution in [0.15, 0.2) is 30.3 Å². The summed E-state index contributed by atoms with van der Waals surface area (Å²) in [6.07, 6.45) is 1.00. The first kappa shape index (κ1) is 12.8. The van der Waals surface area contributed by atoms with E-state index in [1.54, 1.807) is 11.3 Å². The highest BCUT2D eigenvalue weighted by molar-refractivity contribution is 7.16. The third kappa shape index (κ3) is 3.21. The van der Waals surface area contributed by atoms with Crippen LogP contribution in [0.5, 0.6) is 11.5 Å². The van der Waals surface area contributed by atoms with Gasteiger partial charge in [-0.15, -0.1) is 11.3 Å². The minimum atomic E-state index is 0.325. The number of thiophene rings is 1. The third-order valence-electron chi connectivity index (χ3n) is 2.94. The molecule has 1 N–H and O–H groups in total. The number of fused-ring (bicyclic) bond motifs is 1. The van der Waals surface area contributed by atoms with E-state index >= 15 is 0 Å². The van der Waals surface area contributed by atoms with Crippen molar-refractivity contribution in [2.75, 3.05) is 13.3 Å². The van der Waals surface area contributed by atoms with Crippen molar-refractivity contribution in [2.24, 2.45) is 0 Å². The second kappa shape index (κ2) is 5.82. The topological polar surface area (TPSA) is 30.5 Å². The van der Waals surface area contributed by atoms with E-state index in [1.807, 2.05) is 18.2 Å². The molecule has 1 aromatic carbocycles. The predicted molar refractivity (Wildman–Crippen MR) is 77.3 cm³/mol. The van der Waals surface area contributed by atoms with E-state index in [4.69, 9.17) is 21.1 Å². The SMILES string of the molecule is Clc1ccc(CCNCc2ccc3c(c2)OCO3)s1. The summed E-state index contributed by atoms with van der Waals surface area (Å²) in [6, 6.07) is 10.1. The van der Waals surface area contributed by atoms with E-state index in [0.717, 1.165) is 35.3 Å². The van der Waals surface area contributed by atoms with Crippen LogP contribution >= 0.6 is 22.9 Å². The van der Waals surface area contributed by atoms with Crippen molar-refractivity contribution in [1.82, 2.24) is 5.32 Å². The van der Waals surface area contributed by atoms with Crippen molar-refractivity contribution in [1.29, 1.82) is 0 Å². The highest BCUT2D eigenvalue weighted by Gasteiger charge is 2.12. The van der Waals surface area contributed by atoms with Crippen molar-refractivity contribution in [3.63, 3.8) is 0 Å². The van der Waals surface area contributed by atoms with Gasteiger partial charge < -0.3 is 14.8 Å². The van der Waals surface area contributed by atoms with E-state index in [1.165, 1.54) is 10.4 Å². The van der Waals surface area contributed by atoms with Crippen molar-refractivity contribution in [2.45, 2.75) is 13.0 Å². The quantitative estimate of drug-likeness (QED) is 0.857. The van der Waals surface area contributed by atoms with Gasteiger partial charge in [-0.3, -0.25) is 0 Å². The van der Waals surface area contributed by atoms with Crippen molar-refractivity contribution in [3.8, 4) is 11.5 Å². The maximum atomic E-state index is 5.90. The van der Waals surface area contributed by atoms with Crippen molar-refractivity contribution < 1.29 is 9.47 Å². The van der Waals surface area contributed by atoms with Crippen LogP contribution in [0.2, 0.25) is 4.34 Å². The first-order chi connectivity index (χ1) is 9.31. The number of hydrogen-bond acceptors (Lipinski definition) is 4. The van der Waals surface area contributed by atoms with Gasteiger partial charge in [-0.25, -0.2) is 0 Å². The summed E-state index contributed by atoms with van der Waals surface area (Å²) >= 11 is 7.53. The molecule has 3 rings (SSSR count). The van der Waals surface area contributed by atoms with E-state index in [9.17, 15) is 0 Å². The molecule has 0 radical (unpaired) electrons. The Hall–Kier alpha value is -1.23. The number of halogens is 1. The van der Waals surface area contributed by atoms with Gasteiger partial charge in [0.05, 0.1) is 4.34 Å². The molecule has 0 fully saturated rings. The monoisotopic (exact) mass is 295 g/mol. The van der Waals surface area contributed by atoms with Crippen molar-refractivity contribution in [3.05, 3.63) is 45.1 Å². The molecule has 1 aliphatic heterocycles. The fourth-order valence-corrected chi connectivity index (χ4v) is 3.07. The van der Waals surface area contributed by atoms with Gasteiger partial charge in [-0.1, -0.05) is 17.7 Å². The molecule has 0 aliphatic carbocycles. The minimum Gasteiger partial charge on any atom is -0.454 e. The van der Waals surface area contributed by atoms with Gasteiger partial charge >= 0.3 is 0 Å². The second-order valence-electron chi connectivity index (χ2n) is 4.32. The Morgan fingerprint density at radius 1 is 1.16 bits per heavy atom. The Morgan fingerprint density at radius 2 is 2.05 bits per heavy atom. The maximum absolute atomic E-state index is 5.90. The zero-order valence-electron chi connectivity index (χ0n) is 10.3. The van der Waals surface area contributed by atoms with Crippen LogP contribution in [0.1, 0.15) is 10.4 Å². The highest BCUT2D eigenvalue weighted by atomic mass is 35.5. The molecule has 0 spiro atoms. The number of nitrogens with one attached hydrogen (secondary N) is 1. The molecule has 2 aromatic rings. The van der Waals surface area contributed by atoms with E-state index in [-0.39, 0.29) is 0 Å². The second-order valence-corrected chi connectivity index (χ2v) is 6.12. The van der Waals surface area contributed by atoms with Gasteiger partial charge in [0.1, 0.15) is 0 Å². The lowest BCUT2D eigenvalue weighted by Crippen LogP contribution is -2.16.